The van der Waals surface area contributed by atoms with Crippen molar-refractivity contribution in [3.05, 3.63) is 34.1 Å². The molecule has 3 heterocycles. The van der Waals surface area contributed by atoms with Crippen LogP contribution in [0.2, 0.25) is 0 Å². The third-order valence-electron chi connectivity index (χ3n) is 4.72. The number of nitrogens with one attached hydrogen (secondary N) is 1. The van der Waals surface area contributed by atoms with Gasteiger partial charge in [0.1, 0.15) is 9.96 Å². The highest BCUT2D eigenvalue weighted by atomic mass is 79.9. The topological polar surface area (TPSA) is 88.6 Å². The van der Waals surface area contributed by atoms with Gasteiger partial charge in [-0.3, -0.25) is 4.79 Å². The summed E-state index contributed by atoms with van der Waals surface area (Å²) < 4.78 is 34.3. The van der Waals surface area contributed by atoms with Gasteiger partial charge in [0.05, 0.1) is 27.0 Å². The molecule has 1 aromatic carbocycles. The molecule has 11 heteroatoms. The average Bonchev–Trinajstić information content (AvgIpc) is 3.33. The molecule has 0 radical (unpaired) electrons. The summed E-state index contributed by atoms with van der Waals surface area (Å²) in [6, 6.07) is 8.84. The predicted octanol–water partition coefficient (Wildman–Crippen LogP) is 4.17. The highest BCUT2D eigenvalue weighted by Gasteiger charge is 2.34. The zero-order valence-corrected chi connectivity index (χ0v) is 19.5. The van der Waals surface area contributed by atoms with E-state index in [0.717, 1.165) is 19.8 Å². The van der Waals surface area contributed by atoms with Gasteiger partial charge in [0.25, 0.3) is 10.0 Å². The number of anilines is 1. The molecular formula is C18H18BrN3O4S3. The van der Waals surface area contributed by atoms with Crippen LogP contribution in [0.3, 0.4) is 0 Å². The zero-order valence-electron chi connectivity index (χ0n) is 15.4. The Balaban J connectivity index is 1.47. The van der Waals surface area contributed by atoms with Gasteiger partial charge in [-0.05, 0) is 59.1 Å². The molecule has 1 amide bonds. The minimum Gasteiger partial charge on any atom is -0.497 e. The molecule has 0 unspecified atom stereocenters. The van der Waals surface area contributed by atoms with Crippen molar-refractivity contribution in [3.8, 4) is 5.75 Å². The van der Waals surface area contributed by atoms with Crippen molar-refractivity contribution in [2.45, 2.75) is 17.1 Å². The van der Waals surface area contributed by atoms with Gasteiger partial charge in [-0.2, -0.15) is 4.31 Å². The molecule has 0 saturated carbocycles. The van der Waals surface area contributed by atoms with Crippen molar-refractivity contribution in [1.29, 1.82) is 0 Å². The molecule has 29 heavy (non-hydrogen) atoms. The maximum absolute atomic E-state index is 12.9. The second kappa shape index (κ2) is 8.31. The van der Waals surface area contributed by atoms with Gasteiger partial charge in [-0.1, -0.05) is 11.3 Å². The molecule has 0 spiro atoms. The number of ether oxygens (including phenoxy) is 1. The van der Waals surface area contributed by atoms with Crippen LogP contribution in [0, 0.1) is 5.92 Å². The molecule has 1 fully saturated rings. The highest BCUT2D eigenvalue weighted by molar-refractivity contribution is 9.11. The normalized spacial score (nSPS) is 18.1. The Morgan fingerprint density at radius 2 is 2.14 bits per heavy atom. The fraction of sp³-hybridized carbons (Fsp3) is 0.333. The minimum atomic E-state index is -3.59. The number of aromatic nitrogens is 1. The number of methoxy groups -OCH3 is 1. The number of thiophene rings is 1. The van der Waals surface area contributed by atoms with Gasteiger partial charge < -0.3 is 10.1 Å². The molecule has 0 aliphatic carbocycles. The molecule has 7 nitrogen and oxygen atoms in total. The molecule has 1 saturated heterocycles. The number of fused-ring (bicyclic) bond motifs is 1. The van der Waals surface area contributed by atoms with E-state index >= 15 is 0 Å². The zero-order chi connectivity index (χ0) is 20.6. The van der Waals surface area contributed by atoms with Gasteiger partial charge in [0.15, 0.2) is 5.13 Å². The number of hydrogen-bond donors (Lipinski definition) is 1. The quantitative estimate of drug-likeness (QED) is 0.550. The molecule has 1 atom stereocenters. The Kier molecular flexibility index (Phi) is 5.94. The summed E-state index contributed by atoms with van der Waals surface area (Å²) in [7, 11) is -1.99. The summed E-state index contributed by atoms with van der Waals surface area (Å²) in [4.78, 5) is 17.2. The van der Waals surface area contributed by atoms with Crippen molar-refractivity contribution < 1.29 is 17.9 Å². The first kappa shape index (κ1) is 20.7. The molecule has 0 bridgehead atoms. The largest absolute Gasteiger partial charge is 0.497 e. The summed E-state index contributed by atoms with van der Waals surface area (Å²) in [5, 5.41) is 3.36. The number of piperidine rings is 1. The second-order valence-corrected chi connectivity index (χ2v) is 12.3. The van der Waals surface area contributed by atoms with Gasteiger partial charge >= 0.3 is 0 Å². The number of amides is 1. The van der Waals surface area contributed by atoms with E-state index in [1.54, 1.807) is 19.2 Å². The maximum Gasteiger partial charge on any atom is 0.252 e. The molecule has 1 aliphatic heterocycles. The van der Waals surface area contributed by atoms with Crippen molar-refractivity contribution in [1.82, 2.24) is 9.29 Å². The van der Waals surface area contributed by atoms with E-state index in [-0.39, 0.29) is 16.7 Å². The van der Waals surface area contributed by atoms with Crippen LogP contribution in [-0.4, -0.2) is 43.8 Å². The van der Waals surface area contributed by atoms with Crippen molar-refractivity contribution >= 4 is 69.9 Å². The number of carbonyl (C=O) groups excluding carboxylic acids is 1. The van der Waals surface area contributed by atoms with Crippen LogP contribution in [0.1, 0.15) is 12.8 Å². The Bertz CT molecular complexity index is 1160. The Morgan fingerprint density at radius 1 is 1.31 bits per heavy atom. The summed E-state index contributed by atoms with van der Waals surface area (Å²) in [5.41, 5.74) is 0.780. The molecular weight excluding hydrogens is 498 g/mol. The number of rotatable bonds is 5. The van der Waals surface area contributed by atoms with E-state index in [2.05, 4.69) is 26.2 Å². The molecule has 1 aliphatic rings. The third-order valence-corrected chi connectivity index (χ3v) is 9.61. The van der Waals surface area contributed by atoms with Crippen LogP contribution in [0.25, 0.3) is 10.2 Å². The lowest BCUT2D eigenvalue weighted by Gasteiger charge is -2.30. The van der Waals surface area contributed by atoms with Crippen LogP contribution in [0.4, 0.5) is 5.13 Å². The van der Waals surface area contributed by atoms with Gasteiger partial charge in [-0.15, -0.1) is 11.3 Å². The number of nitrogens with zero attached hydrogens (tertiary/aromatic N) is 2. The Hall–Kier alpha value is -1.53. The van der Waals surface area contributed by atoms with E-state index in [1.165, 1.54) is 27.0 Å². The number of sulfonamides is 1. The van der Waals surface area contributed by atoms with Gasteiger partial charge in [0.2, 0.25) is 5.91 Å². The average molecular weight is 516 g/mol. The fourth-order valence-corrected chi connectivity index (χ4v) is 7.82. The summed E-state index contributed by atoms with van der Waals surface area (Å²) >= 11 is 5.84. The van der Waals surface area contributed by atoms with E-state index < -0.39 is 15.9 Å². The van der Waals surface area contributed by atoms with E-state index in [1.807, 2.05) is 18.2 Å². The summed E-state index contributed by atoms with van der Waals surface area (Å²) in [5.74, 6) is 0.110. The first-order chi connectivity index (χ1) is 13.9. The smallest absolute Gasteiger partial charge is 0.252 e. The standard InChI is InChI=1S/C18H18BrN3O4S3/c1-26-12-4-5-13-14(9-12)27-18(20-13)21-17(23)11-3-2-8-22(10-11)29(24,25)16-7-6-15(19)28-16/h4-7,9,11H,2-3,8,10H2,1H3,(H,20,21,23)/t11-/m1/s1. The maximum atomic E-state index is 12.9. The van der Waals surface area contributed by atoms with Crippen LogP contribution in [-0.2, 0) is 14.8 Å². The van der Waals surface area contributed by atoms with Crippen LogP contribution < -0.4 is 10.1 Å². The van der Waals surface area contributed by atoms with Crippen LogP contribution in [0.15, 0.2) is 38.3 Å². The number of benzene rings is 1. The third kappa shape index (κ3) is 4.33. The number of carbonyl (C=O) groups is 1. The first-order valence-electron chi connectivity index (χ1n) is 8.88. The Labute approximate surface area is 184 Å². The van der Waals surface area contributed by atoms with E-state index in [9.17, 15) is 13.2 Å². The van der Waals surface area contributed by atoms with Crippen molar-refractivity contribution in [3.63, 3.8) is 0 Å². The first-order valence-corrected chi connectivity index (χ1v) is 12.7. The number of hydrogen-bond acceptors (Lipinski definition) is 7. The van der Waals surface area contributed by atoms with E-state index in [4.69, 9.17) is 4.74 Å². The fourth-order valence-electron chi connectivity index (χ4n) is 3.23. The summed E-state index contributed by atoms with van der Waals surface area (Å²) in [6.45, 7) is 0.588. The summed E-state index contributed by atoms with van der Waals surface area (Å²) in [6.07, 6.45) is 1.28. The SMILES string of the molecule is COc1ccc2nc(NC(=O)[C@@H]3CCCN(S(=O)(=O)c4ccc(Br)s4)C3)sc2c1. The molecule has 154 valence electrons. The van der Waals surface area contributed by atoms with Crippen LogP contribution in [0.5, 0.6) is 5.75 Å². The monoisotopic (exact) mass is 515 g/mol. The van der Waals surface area contributed by atoms with E-state index in [0.29, 0.717) is 24.5 Å². The number of halogens is 1. The molecule has 3 aromatic rings. The van der Waals surface area contributed by atoms with Crippen molar-refractivity contribution in [2.75, 3.05) is 25.5 Å². The van der Waals surface area contributed by atoms with Crippen LogP contribution >= 0.6 is 38.6 Å². The highest BCUT2D eigenvalue weighted by Crippen LogP contribution is 2.32. The molecule has 4 rings (SSSR count). The lowest BCUT2D eigenvalue weighted by atomic mass is 9.99. The molecule has 2 aromatic heterocycles. The Morgan fingerprint density at radius 3 is 2.86 bits per heavy atom. The lowest BCUT2D eigenvalue weighted by Crippen LogP contribution is -2.43. The lowest BCUT2D eigenvalue weighted by molar-refractivity contribution is -0.120. The number of thiazole rings is 1. The predicted molar refractivity (Wildman–Crippen MR) is 118 cm³/mol. The van der Waals surface area contributed by atoms with Crippen molar-refractivity contribution in [2.24, 2.45) is 5.92 Å². The second-order valence-electron chi connectivity index (χ2n) is 6.60. The van der Waals surface area contributed by atoms with Gasteiger partial charge in [-0.25, -0.2) is 13.4 Å². The minimum absolute atomic E-state index is 0.169. The van der Waals surface area contributed by atoms with Gasteiger partial charge in [0, 0.05) is 13.1 Å². The molecule has 1 N–H and O–H groups in total.